The van der Waals surface area contributed by atoms with Gasteiger partial charge in [0.25, 0.3) is 12.3 Å². The number of carbonyl (C=O) groups is 1. The van der Waals surface area contributed by atoms with Crippen LogP contribution in [0.25, 0.3) is 0 Å². The van der Waals surface area contributed by atoms with Crippen LogP contribution in [0.15, 0.2) is 41.5 Å². The fourth-order valence-corrected chi connectivity index (χ4v) is 5.19. The lowest BCUT2D eigenvalue weighted by Crippen LogP contribution is -2.37. The highest BCUT2D eigenvalue weighted by Gasteiger charge is 2.48. The molecule has 2 heterocycles. The van der Waals surface area contributed by atoms with Crippen molar-refractivity contribution >= 4 is 28.5 Å². The number of anilines is 1. The summed E-state index contributed by atoms with van der Waals surface area (Å²) in [7, 11) is 0. The van der Waals surface area contributed by atoms with E-state index in [1.54, 1.807) is 6.07 Å². The second kappa shape index (κ2) is 8.78. The van der Waals surface area contributed by atoms with Crippen molar-refractivity contribution in [3.8, 4) is 5.75 Å². The molecule has 1 aliphatic carbocycles. The van der Waals surface area contributed by atoms with Crippen molar-refractivity contribution in [2.24, 2.45) is 16.6 Å². The number of halogens is 3. The molecule has 1 aromatic heterocycles. The van der Waals surface area contributed by atoms with Crippen molar-refractivity contribution in [3.63, 3.8) is 0 Å². The lowest BCUT2D eigenvalue weighted by atomic mass is 9.81. The fraction of sp³-hybridized carbons (Fsp3) is 0.381. The number of nitrogens with zero attached hydrogens (tertiary/aromatic N) is 2. The topological polar surface area (TPSA) is 89.6 Å². The first-order valence-electron chi connectivity index (χ1n) is 9.84. The van der Waals surface area contributed by atoms with Crippen molar-refractivity contribution in [2.45, 2.75) is 31.2 Å². The molecule has 0 bridgehead atoms. The summed E-state index contributed by atoms with van der Waals surface area (Å²) < 4.78 is 44.1. The highest BCUT2D eigenvalue weighted by Crippen LogP contribution is 2.51. The molecule has 6 nitrogen and oxygen atoms in total. The Morgan fingerprint density at radius 3 is 2.94 bits per heavy atom. The molecule has 2 aliphatic rings. The minimum Gasteiger partial charge on any atom is -0.486 e. The summed E-state index contributed by atoms with van der Waals surface area (Å²) in [5, 5.41) is 3.16. The third-order valence-corrected chi connectivity index (χ3v) is 6.52. The first-order valence-corrected chi connectivity index (χ1v) is 10.8. The van der Waals surface area contributed by atoms with E-state index in [2.05, 4.69) is 15.3 Å². The summed E-state index contributed by atoms with van der Waals surface area (Å²) >= 11 is 1.49. The minimum absolute atomic E-state index is 0.0727. The van der Waals surface area contributed by atoms with Gasteiger partial charge in [-0.3, -0.25) is 9.79 Å². The Kier molecular flexibility index (Phi) is 6.08. The number of rotatable bonds is 6. The van der Waals surface area contributed by atoms with Gasteiger partial charge in [-0.15, -0.1) is 0 Å². The number of amides is 1. The predicted molar refractivity (Wildman–Crippen MR) is 113 cm³/mol. The molecule has 3 N–H and O–H groups in total. The van der Waals surface area contributed by atoms with Gasteiger partial charge in [0, 0.05) is 17.0 Å². The van der Waals surface area contributed by atoms with E-state index < -0.39 is 24.5 Å². The maximum atomic E-state index is 14.8. The number of pyridine rings is 1. The van der Waals surface area contributed by atoms with Gasteiger partial charge in [0.05, 0.1) is 11.7 Å². The smallest absolute Gasteiger partial charge is 0.274 e. The molecule has 1 amide bonds. The van der Waals surface area contributed by atoms with Gasteiger partial charge in [-0.25, -0.2) is 18.2 Å². The van der Waals surface area contributed by atoms with Crippen LogP contribution in [0.1, 0.15) is 35.3 Å². The van der Waals surface area contributed by atoms with Crippen LogP contribution >= 0.6 is 11.8 Å². The third kappa shape index (κ3) is 4.48. The van der Waals surface area contributed by atoms with E-state index in [9.17, 15) is 18.0 Å². The van der Waals surface area contributed by atoms with Crippen LogP contribution in [0.5, 0.6) is 5.75 Å². The first kappa shape index (κ1) is 21.5. The lowest BCUT2D eigenvalue weighted by Gasteiger charge is -2.36. The number of carbonyl (C=O) groups excluding carboxylic acids is 1. The standard InChI is InChI=1S/C21H21F3N4O2S/c22-16-5-3-13(8-15(16)21-7-1-2-12(21)11-31-20(25)28-21)27-19(29)17-6-4-14(9-26-17)30-10-18(23)24/h3-6,8-9,12,18H,1-2,7,10-11H2,(H2,25,28)(H,27,29). The Morgan fingerprint density at radius 1 is 1.35 bits per heavy atom. The third-order valence-electron chi connectivity index (χ3n) is 5.56. The van der Waals surface area contributed by atoms with Crippen molar-refractivity contribution < 1.29 is 22.7 Å². The number of ether oxygens (including phenoxy) is 1. The number of aromatic nitrogens is 1. The van der Waals surface area contributed by atoms with E-state index in [1.165, 1.54) is 42.2 Å². The number of hydrogen-bond acceptors (Lipinski definition) is 6. The Morgan fingerprint density at radius 2 is 2.19 bits per heavy atom. The van der Waals surface area contributed by atoms with Gasteiger partial charge in [0.1, 0.15) is 23.9 Å². The highest BCUT2D eigenvalue weighted by atomic mass is 32.2. The minimum atomic E-state index is -2.60. The molecule has 0 spiro atoms. The van der Waals surface area contributed by atoms with Crippen LogP contribution in [0.4, 0.5) is 18.9 Å². The van der Waals surface area contributed by atoms with Crippen molar-refractivity contribution in [1.82, 2.24) is 4.98 Å². The number of fused-ring (bicyclic) bond motifs is 1. The number of hydrogen-bond donors (Lipinski definition) is 2. The summed E-state index contributed by atoms with van der Waals surface area (Å²) in [6, 6.07) is 7.16. The maximum absolute atomic E-state index is 14.8. The number of amidine groups is 1. The van der Waals surface area contributed by atoms with Crippen LogP contribution in [-0.2, 0) is 5.54 Å². The number of alkyl halides is 2. The van der Waals surface area contributed by atoms with E-state index in [1.807, 2.05) is 0 Å². The van der Waals surface area contributed by atoms with E-state index >= 15 is 0 Å². The predicted octanol–water partition coefficient (Wildman–Crippen LogP) is 4.17. The zero-order valence-electron chi connectivity index (χ0n) is 16.5. The molecule has 1 aromatic carbocycles. The van der Waals surface area contributed by atoms with Gasteiger partial charge in [-0.2, -0.15) is 0 Å². The molecule has 164 valence electrons. The Labute approximate surface area is 181 Å². The van der Waals surface area contributed by atoms with Gasteiger partial charge in [0.2, 0.25) is 0 Å². The van der Waals surface area contributed by atoms with Crippen molar-refractivity contribution in [1.29, 1.82) is 0 Å². The van der Waals surface area contributed by atoms with E-state index in [0.717, 1.165) is 18.6 Å². The fourth-order valence-electron chi connectivity index (χ4n) is 4.15. The zero-order chi connectivity index (χ0) is 22.0. The quantitative estimate of drug-likeness (QED) is 0.689. The van der Waals surface area contributed by atoms with E-state index in [4.69, 9.17) is 10.5 Å². The Hall–Kier alpha value is -2.75. The summed E-state index contributed by atoms with van der Waals surface area (Å²) in [6.45, 7) is -0.750. The largest absolute Gasteiger partial charge is 0.486 e. The SMILES string of the molecule is NC1=NC2(c3cc(NC(=O)c4ccc(OCC(F)F)cn4)ccc3F)CCCC2CS1. The molecule has 2 atom stereocenters. The van der Waals surface area contributed by atoms with Gasteiger partial charge in [0.15, 0.2) is 5.17 Å². The second-order valence-electron chi connectivity index (χ2n) is 7.50. The number of nitrogens with one attached hydrogen (secondary N) is 1. The molecule has 1 aliphatic heterocycles. The molecule has 4 rings (SSSR count). The monoisotopic (exact) mass is 450 g/mol. The van der Waals surface area contributed by atoms with Gasteiger partial charge in [-0.05, 0) is 49.1 Å². The van der Waals surface area contributed by atoms with E-state index in [-0.39, 0.29) is 23.2 Å². The number of benzene rings is 1. The summed E-state index contributed by atoms with van der Waals surface area (Å²) in [5.74, 6) is 0.216. The molecular weight excluding hydrogens is 429 g/mol. The maximum Gasteiger partial charge on any atom is 0.274 e. The van der Waals surface area contributed by atoms with Gasteiger partial charge >= 0.3 is 0 Å². The first-order chi connectivity index (χ1) is 14.9. The molecule has 0 saturated heterocycles. The molecule has 1 saturated carbocycles. The molecule has 31 heavy (non-hydrogen) atoms. The average molecular weight is 450 g/mol. The molecule has 2 aromatic rings. The molecular formula is C21H21F3N4O2S. The van der Waals surface area contributed by atoms with Crippen LogP contribution in [-0.4, -0.2) is 34.8 Å². The summed E-state index contributed by atoms with van der Waals surface area (Å²) in [6.07, 6.45) is 1.18. The Balaban J connectivity index is 1.54. The van der Waals surface area contributed by atoms with E-state index in [0.29, 0.717) is 22.8 Å². The van der Waals surface area contributed by atoms with Gasteiger partial charge in [-0.1, -0.05) is 18.2 Å². The molecule has 0 radical (unpaired) electrons. The van der Waals surface area contributed by atoms with Gasteiger partial charge < -0.3 is 15.8 Å². The number of nitrogens with two attached hydrogens (primary N) is 1. The normalized spacial score (nSPS) is 22.7. The van der Waals surface area contributed by atoms with Crippen molar-refractivity contribution in [2.75, 3.05) is 17.7 Å². The molecule has 10 heteroatoms. The number of thioether (sulfide) groups is 1. The summed E-state index contributed by atoms with van der Waals surface area (Å²) in [5.41, 5.74) is 6.18. The van der Waals surface area contributed by atoms with Crippen LogP contribution in [0, 0.1) is 11.7 Å². The Bertz CT molecular complexity index is 1000. The lowest BCUT2D eigenvalue weighted by molar-refractivity contribution is 0.0816. The average Bonchev–Trinajstić information content (AvgIpc) is 3.17. The van der Waals surface area contributed by atoms with Crippen LogP contribution in [0.2, 0.25) is 0 Å². The highest BCUT2D eigenvalue weighted by molar-refractivity contribution is 8.13. The molecule has 1 fully saturated rings. The zero-order valence-corrected chi connectivity index (χ0v) is 17.3. The van der Waals surface area contributed by atoms with Crippen LogP contribution in [0.3, 0.4) is 0 Å². The van der Waals surface area contributed by atoms with Crippen molar-refractivity contribution in [3.05, 3.63) is 53.6 Å². The summed E-state index contributed by atoms with van der Waals surface area (Å²) in [4.78, 5) is 21.2. The second-order valence-corrected chi connectivity index (χ2v) is 8.54. The molecule has 2 unspecified atom stereocenters. The number of aliphatic imine (C=N–C) groups is 1. The van der Waals surface area contributed by atoms with Crippen LogP contribution < -0.4 is 15.8 Å².